The molecule has 0 bridgehead atoms. The van der Waals surface area contributed by atoms with Gasteiger partial charge < -0.3 is 16.4 Å². The molecule has 112 valence electrons. The Morgan fingerprint density at radius 3 is 2.50 bits per heavy atom. The number of nitrogens with two attached hydrogens (primary N) is 1. The number of aryl methyl sites for hydroxylation is 1. The SMILES string of the molecule is Cc1ccc(Br)cc1NC(=O)CNC(=O)C(C)(C)N.Cl. The van der Waals surface area contributed by atoms with Gasteiger partial charge in [0, 0.05) is 10.2 Å². The van der Waals surface area contributed by atoms with Crippen molar-refractivity contribution in [3.05, 3.63) is 28.2 Å². The van der Waals surface area contributed by atoms with Crippen molar-refractivity contribution in [2.75, 3.05) is 11.9 Å². The second kappa shape index (κ2) is 7.61. The number of rotatable bonds is 4. The van der Waals surface area contributed by atoms with E-state index in [1.54, 1.807) is 13.8 Å². The molecule has 0 unspecified atom stereocenters. The average Bonchev–Trinajstić information content (AvgIpc) is 2.29. The van der Waals surface area contributed by atoms with E-state index >= 15 is 0 Å². The summed E-state index contributed by atoms with van der Waals surface area (Å²) in [6, 6.07) is 5.59. The number of nitrogens with one attached hydrogen (secondary N) is 2. The van der Waals surface area contributed by atoms with Crippen molar-refractivity contribution < 1.29 is 9.59 Å². The number of anilines is 1. The monoisotopic (exact) mass is 363 g/mol. The molecule has 5 nitrogen and oxygen atoms in total. The predicted molar refractivity (Wildman–Crippen MR) is 86.0 cm³/mol. The molecule has 2 amide bonds. The van der Waals surface area contributed by atoms with E-state index < -0.39 is 5.54 Å². The molecular formula is C13H19BrClN3O2. The summed E-state index contributed by atoms with van der Waals surface area (Å²) >= 11 is 3.34. The van der Waals surface area contributed by atoms with Crippen molar-refractivity contribution >= 4 is 45.8 Å². The van der Waals surface area contributed by atoms with Crippen molar-refractivity contribution in [1.82, 2.24) is 5.32 Å². The number of carbonyl (C=O) groups excluding carboxylic acids is 2. The third-order valence-electron chi connectivity index (χ3n) is 2.47. The summed E-state index contributed by atoms with van der Waals surface area (Å²) < 4.78 is 0.875. The second-order valence-corrected chi connectivity index (χ2v) is 5.83. The molecule has 4 N–H and O–H groups in total. The summed E-state index contributed by atoms with van der Waals surface area (Å²) in [4.78, 5) is 23.2. The van der Waals surface area contributed by atoms with Crippen LogP contribution in [0.4, 0.5) is 5.69 Å². The molecule has 0 radical (unpaired) electrons. The first-order valence-electron chi connectivity index (χ1n) is 5.83. The standard InChI is InChI=1S/C13H18BrN3O2.ClH/c1-8-4-5-9(14)6-10(8)17-11(18)7-16-12(19)13(2,3)15;/h4-6H,7,15H2,1-3H3,(H,16,19)(H,17,18);1H. The van der Waals surface area contributed by atoms with E-state index in [9.17, 15) is 9.59 Å². The summed E-state index contributed by atoms with van der Waals surface area (Å²) in [5, 5.41) is 5.22. The highest BCUT2D eigenvalue weighted by molar-refractivity contribution is 9.10. The average molecular weight is 365 g/mol. The lowest BCUT2D eigenvalue weighted by molar-refractivity contribution is -0.127. The van der Waals surface area contributed by atoms with Gasteiger partial charge >= 0.3 is 0 Å². The normalized spacial score (nSPS) is 10.4. The first-order valence-corrected chi connectivity index (χ1v) is 6.62. The van der Waals surface area contributed by atoms with Crippen LogP contribution in [0.2, 0.25) is 0 Å². The predicted octanol–water partition coefficient (Wildman–Crippen LogP) is 1.97. The molecule has 0 saturated heterocycles. The molecule has 0 aliphatic heterocycles. The van der Waals surface area contributed by atoms with E-state index in [2.05, 4.69) is 26.6 Å². The number of carbonyl (C=O) groups is 2. The minimum Gasteiger partial charge on any atom is -0.345 e. The lowest BCUT2D eigenvalue weighted by Crippen LogP contribution is -2.50. The molecule has 7 heteroatoms. The van der Waals surface area contributed by atoms with Crippen LogP contribution < -0.4 is 16.4 Å². The van der Waals surface area contributed by atoms with Crippen molar-refractivity contribution in [2.24, 2.45) is 5.73 Å². The van der Waals surface area contributed by atoms with Crippen LogP contribution in [0.15, 0.2) is 22.7 Å². The molecule has 20 heavy (non-hydrogen) atoms. The second-order valence-electron chi connectivity index (χ2n) is 4.91. The van der Waals surface area contributed by atoms with Gasteiger partial charge in [0.1, 0.15) is 0 Å². The number of amides is 2. The number of hydrogen-bond acceptors (Lipinski definition) is 3. The van der Waals surface area contributed by atoms with Crippen LogP contribution in [0.25, 0.3) is 0 Å². The van der Waals surface area contributed by atoms with Gasteiger partial charge in [-0.05, 0) is 38.5 Å². The quantitative estimate of drug-likeness (QED) is 0.763. The van der Waals surface area contributed by atoms with E-state index in [0.717, 1.165) is 10.0 Å². The van der Waals surface area contributed by atoms with Gasteiger partial charge in [-0.1, -0.05) is 22.0 Å². The fourth-order valence-corrected chi connectivity index (χ4v) is 1.67. The van der Waals surface area contributed by atoms with Gasteiger partial charge in [-0.25, -0.2) is 0 Å². The molecule has 0 heterocycles. The summed E-state index contributed by atoms with van der Waals surface area (Å²) in [5.74, 6) is -0.660. The van der Waals surface area contributed by atoms with E-state index in [4.69, 9.17) is 5.73 Å². The highest BCUT2D eigenvalue weighted by atomic mass is 79.9. The highest BCUT2D eigenvalue weighted by Crippen LogP contribution is 2.20. The van der Waals surface area contributed by atoms with Crippen molar-refractivity contribution in [3.8, 4) is 0 Å². The molecule has 0 saturated carbocycles. The number of benzene rings is 1. The molecule has 0 aromatic heterocycles. The van der Waals surface area contributed by atoms with Gasteiger partial charge in [-0.2, -0.15) is 0 Å². The van der Waals surface area contributed by atoms with E-state index in [1.165, 1.54) is 0 Å². The minimum atomic E-state index is -0.994. The molecule has 1 aromatic carbocycles. The third kappa shape index (κ3) is 5.90. The maximum Gasteiger partial charge on any atom is 0.243 e. The van der Waals surface area contributed by atoms with E-state index in [1.807, 2.05) is 25.1 Å². The van der Waals surface area contributed by atoms with Crippen LogP contribution in [0.3, 0.4) is 0 Å². The molecule has 0 fully saturated rings. The fourth-order valence-electron chi connectivity index (χ4n) is 1.31. The van der Waals surface area contributed by atoms with Gasteiger partial charge in [0.05, 0.1) is 12.1 Å². The van der Waals surface area contributed by atoms with E-state index in [0.29, 0.717) is 5.69 Å². The zero-order chi connectivity index (χ0) is 14.6. The van der Waals surface area contributed by atoms with Gasteiger partial charge in [0.15, 0.2) is 0 Å². The molecular weight excluding hydrogens is 346 g/mol. The number of halogens is 2. The van der Waals surface area contributed by atoms with Crippen LogP contribution in [0, 0.1) is 6.92 Å². The zero-order valence-corrected chi connectivity index (χ0v) is 14.0. The largest absolute Gasteiger partial charge is 0.345 e. The smallest absolute Gasteiger partial charge is 0.243 e. The highest BCUT2D eigenvalue weighted by Gasteiger charge is 2.21. The van der Waals surface area contributed by atoms with E-state index in [-0.39, 0.29) is 30.8 Å². The first-order chi connectivity index (χ1) is 8.70. The molecule has 1 rings (SSSR count). The summed E-state index contributed by atoms with van der Waals surface area (Å²) in [7, 11) is 0. The maximum absolute atomic E-state index is 11.7. The Labute approximate surface area is 133 Å². The van der Waals surface area contributed by atoms with Gasteiger partial charge in [-0.3, -0.25) is 9.59 Å². The van der Waals surface area contributed by atoms with Crippen LogP contribution in [-0.4, -0.2) is 23.9 Å². The Bertz CT molecular complexity index is 501. The van der Waals surface area contributed by atoms with Crippen molar-refractivity contribution in [2.45, 2.75) is 26.3 Å². The zero-order valence-electron chi connectivity index (χ0n) is 11.6. The van der Waals surface area contributed by atoms with Crippen LogP contribution >= 0.6 is 28.3 Å². The molecule has 0 atom stereocenters. The Kier molecular flexibility index (Phi) is 7.19. The molecule has 0 spiro atoms. The first kappa shape index (κ1) is 18.9. The fraction of sp³-hybridized carbons (Fsp3) is 0.385. The molecule has 1 aromatic rings. The maximum atomic E-state index is 11.7. The lowest BCUT2D eigenvalue weighted by atomic mass is 10.1. The molecule has 0 aliphatic rings. The minimum absolute atomic E-state index is 0. The summed E-state index contributed by atoms with van der Waals surface area (Å²) in [5.41, 5.74) is 6.27. The van der Waals surface area contributed by atoms with Crippen LogP contribution in [-0.2, 0) is 9.59 Å². The Morgan fingerprint density at radius 1 is 1.35 bits per heavy atom. The van der Waals surface area contributed by atoms with Crippen molar-refractivity contribution in [3.63, 3.8) is 0 Å². The number of hydrogen-bond donors (Lipinski definition) is 3. The van der Waals surface area contributed by atoms with Gasteiger partial charge in [0.2, 0.25) is 11.8 Å². The molecule has 0 aliphatic carbocycles. The Hall–Kier alpha value is -1.11. The Balaban J connectivity index is 0.00000361. The topological polar surface area (TPSA) is 84.2 Å². The Morgan fingerprint density at radius 2 is 1.95 bits per heavy atom. The van der Waals surface area contributed by atoms with Crippen LogP contribution in [0.5, 0.6) is 0 Å². The van der Waals surface area contributed by atoms with Gasteiger partial charge in [-0.15, -0.1) is 12.4 Å². The van der Waals surface area contributed by atoms with Crippen LogP contribution in [0.1, 0.15) is 19.4 Å². The lowest BCUT2D eigenvalue weighted by Gasteiger charge is -2.17. The summed E-state index contributed by atoms with van der Waals surface area (Å²) in [6.07, 6.45) is 0. The summed E-state index contributed by atoms with van der Waals surface area (Å²) in [6.45, 7) is 4.95. The van der Waals surface area contributed by atoms with Gasteiger partial charge in [0.25, 0.3) is 0 Å². The van der Waals surface area contributed by atoms with Crippen molar-refractivity contribution in [1.29, 1.82) is 0 Å². The third-order valence-corrected chi connectivity index (χ3v) is 2.96.